The van der Waals surface area contributed by atoms with Crippen LogP contribution in [0.4, 0.5) is 0 Å². The second kappa shape index (κ2) is 13.5. The summed E-state index contributed by atoms with van der Waals surface area (Å²) in [7, 11) is 0. The lowest BCUT2D eigenvalue weighted by molar-refractivity contribution is 0.673. The Morgan fingerprint density at radius 3 is 1.73 bits per heavy atom. The van der Waals surface area contributed by atoms with E-state index in [1.807, 2.05) is 0 Å². The molecule has 0 fully saturated rings. The van der Waals surface area contributed by atoms with Crippen LogP contribution in [0.2, 0.25) is 0 Å². The van der Waals surface area contributed by atoms with E-state index >= 15 is 0 Å². The quantitative estimate of drug-likeness (QED) is 0.321. The van der Waals surface area contributed by atoms with Gasteiger partial charge in [0, 0.05) is 0 Å². The van der Waals surface area contributed by atoms with Gasteiger partial charge in [0.1, 0.15) is 0 Å². The van der Waals surface area contributed by atoms with Crippen molar-refractivity contribution in [2.45, 2.75) is 71.6 Å². The molecule has 0 radical (unpaired) electrons. The molecule has 0 heterocycles. The lowest BCUT2D eigenvalue weighted by Crippen LogP contribution is -1.75. The van der Waals surface area contributed by atoms with Gasteiger partial charge in [-0.05, 0) is 45.4 Å². The first kappa shape index (κ1) is 14.5. The molecule has 0 aromatic rings. The Bertz CT molecular complexity index is 153. The van der Waals surface area contributed by atoms with Gasteiger partial charge in [0.15, 0.2) is 0 Å². The monoisotopic (exact) mass is 208 g/mol. The summed E-state index contributed by atoms with van der Waals surface area (Å²) < 4.78 is 0. The van der Waals surface area contributed by atoms with Gasteiger partial charge in [0.25, 0.3) is 0 Å². The first-order valence-electron chi connectivity index (χ1n) is 6.68. The second-order valence-corrected chi connectivity index (χ2v) is 4.17. The molecule has 0 spiro atoms. The summed E-state index contributed by atoms with van der Waals surface area (Å²) in [5, 5.41) is 0. The fourth-order valence-corrected chi connectivity index (χ4v) is 1.62. The zero-order valence-corrected chi connectivity index (χ0v) is 10.7. The van der Waals surface area contributed by atoms with Crippen LogP contribution >= 0.6 is 0 Å². The van der Waals surface area contributed by atoms with E-state index in [9.17, 15) is 0 Å². The minimum absolute atomic E-state index is 1.25. The van der Waals surface area contributed by atoms with Crippen molar-refractivity contribution < 1.29 is 0 Å². The largest absolute Gasteiger partial charge is 0.0917 e. The van der Waals surface area contributed by atoms with Crippen molar-refractivity contribution in [3.63, 3.8) is 0 Å². The molecule has 0 amide bonds. The molecule has 0 aliphatic heterocycles. The number of rotatable bonds is 10. The Morgan fingerprint density at radius 2 is 1.20 bits per heavy atom. The van der Waals surface area contributed by atoms with Crippen LogP contribution < -0.4 is 0 Å². The maximum Gasteiger partial charge on any atom is -0.0351 e. The third kappa shape index (κ3) is 13.5. The minimum Gasteiger partial charge on any atom is -0.0917 e. The molecule has 0 aromatic carbocycles. The summed E-state index contributed by atoms with van der Waals surface area (Å²) in [6.45, 7) is 4.36. The summed E-state index contributed by atoms with van der Waals surface area (Å²) in [5.74, 6) is 0. The van der Waals surface area contributed by atoms with Gasteiger partial charge in [-0.1, -0.05) is 50.5 Å². The Kier molecular flexibility index (Phi) is 13.0. The van der Waals surface area contributed by atoms with Crippen LogP contribution in [0.1, 0.15) is 71.6 Å². The van der Waals surface area contributed by atoms with Crippen LogP contribution in [0.15, 0.2) is 24.3 Å². The molecule has 0 N–H and O–H groups in total. The lowest BCUT2D eigenvalue weighted by Gasteiger charge is -1.95. The van der Waals surface area contributed by atoms with E-state index in [0.717, 1.165) is 0 Å². The third-order valence-corrected chi connectivity index (χ3v) is 2.62. The molecule has 0 atom stereocenters. The van der Waals surface area contributed by atoms with E-state index in [-0.39, 0.29) is 0 Å². The Hall–Kier alpha value is -0.520. The maximum absolute atomic E-state index is 2.37. The number of hydrogen-bond donors (Lipinski definition) is 0. The number of hydrogen-bond acceptors (Lipinski definition) is 0. The smallest absolute Gasteiger partial charge is 0.0351 e. The SMILES string of the molecule is CC=CCCCCC=CCCCCCC. The van der Waals surface area contributed by atoms with Gasteiger partial charge in [-0.15, -0.1) is 0 Å². The van der Waals surface area contributed by atoms with E-state index < -0.39 is 0 Å². The fourth-order valence-electron chi connectivity index (χ4n) is 1.62. The molecule has 0 aromatic heterocycles. The van der Waals surface area contributed by atoms with E-state index in [1.165, 1.54) is 57.8 Å². The molecule has 0 unspecified atom stereocenters. The number of allylic oxidation sites excluding steroid dienone is 4. The molecule has 0 nitrogen and oxygen atoms in total. The van der Waals surface area contributed by atoms with Crippen LogP contribution in [0, 0.1) is 0 Å². The average Bonchev–Trinajstić information content (AvgIpc) is 2.26. The molecular weight excluding hydrogens is 180 g/mol. The highest BCUT2D eigenvalue weighted by molar-refractivity contribution is 4.82. The normalized spacial score (nSPS) is 11.9. The summed E-state index contributed by atoms with van der Waals surface area (Å²) in [4.78, 5) is 0. The van der Waals surface area contributed by atoms with Gasteiger partial charge in [-0.3, -0.25) is 0 Å². The highest BCUT2D eigenvalue weighted by Gasteiger charge is 1.85. The highest BCUT2D eigenvalue weighted by atomic mass is 13.9. The van der Waals surface area contributed by atoms with Gasteiger partial charge in [-0.25, -0.2) is 0 Å². The first-order valence-corrected chi connectivity index (χ1v) is 6.68. The minimum atomic E-state index is 1.25. The standard InChI is InChI=1S/C15H28/c1-3-5-7-9-11-13-15-14-12-10-8-6-4-2/h3,5,14-15H,4,6-13H2,1-2H3. The molecule has 0 aliphatic rings. The topological polar surface area (TPSA) is 0 Å². The summed E-state index contributed by atoms with van der Waals surface area (Å²) in [6, 6.07) is 0. The van der Waals surface area contributed by atoms with Gasteiger partial charge in [-0.2, -0.15) is 0 Å². The number of unbranched alkanes of at least 4 members (excludes halogenated alkanes) is 7. The molecule has 0 bridgehead atoms. The van der Waals surface area contributed by atoms with Crippen molar-refractivity contribution in [1.29, 1.82) is 0 Å². The second-order valence-electron chi connectivity index (χ2n) is 4.17. The molecular formula is C15H28. The van der Waals surface area contributed by atoms with Crippen molar-refractivity contribution in [3.8, 4) is 0 Å². The Labute approximate surface area is 96.5 Å². The van der Waals surface area contributed by atoms with Crippen LogP contribution in [-0.2, 0) is 0 Å². The fraction of sp³-hybridized carbons (Fsp3) is 0.733. The predicted molar refractivity (Wildman–Crippen MR) is 71.2 cm³/mol. The van der Waals surface area contributed by atoms with E-state index in [2.05, 4.69) is 38.2 Å². The third-order valence-electron chi connectivity index (χ3n) is 2.62. The van der Waals surface area contributed by atoms with Crippen molar-refractivity contribution in [3.05, 3.63) is 24.3 Å². The van der Waals surface area contributed by atoms with Crippen LogP contribution in [0.3, 0.4) is 0 Å². The molecule has 88 valence electrons. The van der Waals surface area contributed by atoms with Gasteiger partial charge >= 0.3 is 0 Å². The van der Waals surface area contributed by atoms with Crippen molar-refractivity contribution >= 4 is 0 Å². The van der Waals surface area contributed by atoms with E-state index in [4.69, 9.17) is 0 Å². The zero-order valence-electron chi connectivity index (χ0n) is 10.7. The van der Waals surface area contributed by atoms with E-state index in [0.29, 0.717) is 0 Å². The summed E-state index contributed by atoms with van der Waals surface area (Å²) in [6.07, 6.45) is 21.1. The summed E-state index contributed by atoms with van der Waals surface area (Å²) >= 11 is 0. The van der Waals surface area contributed by atoms with Crippen LogP contribution in [0.5, 0.6) is 0 Å². The molecule has 15 heavy (non-hydrogen) atoms. The van der Waals surface area contributed by atoms with Crippen molar-refractivity contribution in [1.82, 2.24) is 0 Å². The molecule has 0 aliphatic carbocycles. The van der Waals surface area contributed by atoms with Crippen LogP contribution in [0.25, 0.3) is 0 Å². The van der Waals surface area contributed by atoms with E-state index in [1.54, 1.807) is 0 Å². The maximum atomic E-state index is 2.37. The van der Waals surface area contributed by atoms with Gasteiger partial charge < -0.3 is 0 Å². The molecule has 0 rings (SSSR count). The lowest BCUT2D eigenvalue weighted by atomic mass is 10.1. The Balaban J connectivity index is 3.03. The highest BCUT2D eigenvalue weighted by Crippen LogP contribution is 2.05. The molecule has 0 saturated heterocycles. The predicted octanol–water partition coefficient (Wildman–Crippen LogP) is 5.65. The zero-order chi connectivity index (χ0) is 11.2. The summed E-state index contributed by atoms with van der Waals surface area (Å²) in [5.41, 5.74) is 0. The van der Waals surface area contributed by atoms with Gasteiger partial charge in [0.2, 0.25) is 0 Å². The van der Waals surface area contributed by atoms with Gasteiger partial charge in [0.05, 0.1) is 0 Å². The first-order chi connectivity index (χ1) is 7.41. The van der Waals surface area contributed by atoms with Crippen molar-refractivity contribution in [2.75, 3.05) is 0 Å². The molecule has 0 saturated carbocycles. The Morgan fingerprint density at radius 1 is 0.667 bits per heavy atom. The van der Waals surface area contributed by atoms with Crippen molar-refractivity contribution in [2.24, 2.45) is 0 Å². The average molecular weight is 208 g/mol. The van der Waals surface area contributed by atoms with Crippen LogP contribution in [-0.4, -0.2) is 0 Å². The molecule has 0 heteroatoms.